The molecule has 0 atom stereocenters. The topological polar surface area (TPSA) is 12.9 Å². The average molecular weight is 192 g/mol. The van der Waals surface area contributed by atoms with Gasteiger partial charge in [-0.05, 0) is 31.5 Å². The molecule has 66 valence electrons. The normalized spacial score (nSPS) is 10.7. The van der Waals surface area contributed by atoms with Gasteiger partial charge in [-0.2, -0.15) is 0 Å². The molecule has 0 saturated heterocycles. The average Bonchev–Trinajstić information content (AvgIpc) is 2.12. The van der Waals surface area contributed by atoms with Crippen molar-refractivity contribution in [2.45, 2.75) is 13.8 Å². The Morgan fingerprint density at radius 2 is 1.92 bits per heavy atom. The van der Waals surface area contributed by atoms with Crippen molar-refractivity contribution in [3.63, 3.8) is 0 Å². The van der Waals surface area contributed by atoms with E-state index < -0.39 is 0 Å². The van der Waals surface area contributed by atoms with E-state index in [0.29, 0.717) is 0 Å². The van der Waals surface area contributed by atoms with Gasteiger partial charge in [0.2, 0.25) is 0 Å². The Balaban J connectivity index is 3.00. The monoisotopic (exact) mass is 191 g/mol. The number of benzene rings is 1. The van der Waals surface area contributed by atoms with Crippen LogP contribution in [-0.2, 0) is 0 Å². The Labute approximate surface area is 82.4 Å². The number of nitrogens with zero attached hydrogens (tertiary/aromatic N) is 1. The lowest BCUT2D eigenvalue weighted by atomic mass is 10.1. The van der Waals surface area contributed by atoms with Gasteiger partial charge in [0.25, 0.3) is 0 Å². The molecule has 2 rings (SSSR count). The van der Waals surface area contributed by atoms with E-state index in [4.69, 9.17) is 11.6 Å². The van der Waals surface area contributed by atoms with Gasteiger partial charge in [-0.25, -0.2) is 0 Å². The van der Waals surface area contributed by atoms with E-state index in [2.05, 4.69) is 11.9 Å². The molecule has 0 amide bonds. The largest absolute Gasteiger partial charge is 0.261 e. The molecule has 0 spiro atoms. The van der Waals surface area contributed by atoms with E-state index in [9.17, 15) is 0 Å². The molecule has 0 aliphatic rings. The minimum absolute atomic E-state index is 0.797. The molecule has 0 fully saturated rings. The smallest absolute Gasteiger partial charge is 0.0485 e. The van der Waals surface area contributed by atoms with E-state index in [1.807, 2.05) is 25.1 Å². The molecule has 1 aromatic heterocycles. The zero-order valence-corrected chi connectivity index (χ0v) is 8.39. The second-order valence-electron chi connectivity index (χ2n) is 3.18. The van der Waals surface area contributed by atoms with Crippen molar-refractivity contribution in [2.75, 3.05) is 0 Å². The summed E-state index contributed by atoms with van der Waals surface area (Å²) in [5.41, 5.74) is 2.27. The first-order valence-corrected chi connectivity index (χ1v) is 4.58. The first-order chi connectivity index (χ1) is 6.20. The molecular formula is C11H10ClN. The number of pyridine rings is 1. The maximum absolute atomic E-state index is 6.07. The van der Waals surface area contributed by atoms with Gasteiger partial charge in [0.15, 0.2) is 0 Å². The van der Waals surface area contributed by atoms with Gasteiger partial charge in [0.1, 0.15) is 0 Å². The molecule has 1 aromatic carbocycles. The fourth-order valence-electron chi connectivity index (χ4n) is 1.63. The predicted octanol–water partition coefficient (Wildman–Crippen LogP) is 3.51. The highest BCUT2D eigenvalue weighted by Crippen LogP contribution is 2.27. The summed E-state index contributed by atoms with van der Waals surface area (Å²) in [5.74, 6) is 0. The fraction of sp³-hybridized carbons (Fsp3) is 0.182. The van der Waals surface area contributed by atoms with Crippen LogP contribution < -0.4 is 0 Å². The predicted molar refractivity (Wildman–Crippen MR) is 56.2 cm³/mol. The molecule has 0 aliphatic carbocycles. The molecule has 2 aromatic rings. The summed E-state index contributed by atoms with van der Waals surface area (Å²) in [6.07, 6.45) is 1.79. The SMILES string of the molecule is Cc1ccc(Cl)c2ccnc(C)c12. The molecule has 0 saturated carbocycles. The third kappa shape index (κ3) is 1.29. The lowest BCUT2D eigenvalue weighted by Crippen LogP contribution is -1.86. The van der Waals surface area contributed by atoms with Crippen molar-refractivity contribution in [1.82, 2.24) is 4.98 Å². The number of fused-ring (bicyclic) bond motifs is 1. The van der Waals surface area contributed by atoms with E-state index in [1.165, 1.54) is 10.9 Å². The maximum Gasteiger partial charge on any atom is 0.0485 e. The number of aromatic nitrogens is 1. The Hall–Kier alpha value is -1.08. The van der Waals surface area contributed by atoms with Crippen LogP contribution >= 0.6 is 11.6 Å². The Morgan fingerprint density at radius 3 is 2.62 bits per heavy atom. The van der Waals surface area contributed by atoms with Crippen LogP contribution in [-0.4, -0.2) is 4.98 Å². The summed E-state index contributed by atoms with van der Waals surface area (Å²) in [4.78, 5) is 4.25. The molecule has 0 unspecified atom stereocenters. The van der Waals surface area contributed by atoms with Crippen LogP contribution in [0, 0.1) is 13.8 Å². The molecule has 13 heavy (non-hydrogen) atoms. The number of halogens is 1. The molecule has 0 N–H and O–H groups in total. The van der Waals surface area contributed by atoms with E-state index in [1.54, 1.807) is 6.20 Å². The quantitative estimate of drug-likeness (QED) is 0.621. The second-order valence-corrected chi connectivity index (χ2v) is 3.59. The molecular weight excluding hydrogens is 182 g/mol. The molecule has 0 radical (unpaired) electrons. The highest BCUT2D eigenvalue weighted by Gasteiger charge is 2.03. The summed E-state index contributed by atoms with van der Waals surface area (Å²) in [7, 11) is 0. The molecule has 1 nitrogen and oxygen atoms in total. The second kappa shape index (κ2) is 3.00. The standard InChI is InChI=1S/C11H10ClN/c1-7-3-4-10(12)9-5-6-13-8(2)11(7)9/h3-6H,1-2H3. The van der Waals surface area contributed by atoms with Gasteiger partial charge in [0, 0.05) is 27.7 Å². The van der Waals surface area contributed by atoms with Crippen LogP contribution in [0.5, 0.6) is 0 Å². The van der Waals surface area contributed by atoms with Crippen molar-refractivity contribution in [2.24, 2.45) is 0 Å². The van der Waals surface area contributed by atoms with Gasteiger partial charge in [-0.3, -0.25) is 4.98 Å². The van der Waals surface area contributed by atoms with Gasteiger partial charge < -0.3 is 0 Å². The third-order valence-electron chi connectivity index (χ3n) is 2.27. The highest BCUT2D eigenvalue weighted by atomic mass is 35.5. The van der Waals surface area contributed by atoms with Crippen molar-refractivity contribution >= 4 is 22.4 Å². The zero-order valence-electron chi connectivity index (χ0n) is 7.63. The maximum atomic E-state index is 6.07. The van der Waals surface area contributed by atoms with Gasteiger partial charge in [0.05, 0.1) is 0 Å². The first kappa shape index (κ1) is 8.52. The summed E-state index contributed by atoms with van der Waals surface area (Å²) in [6.45, 7) is 4.08. The van der Waals surface area contributed by atoms with E-state index >= 15 is 0 Å². The summed E-state index contributed by atoms with van der Waals surface area (Å²) in [5, 5.41) is 3.07. The number of hydrogen-bond donors (Lipinski definition) is 0. The van der Waals surface area contributed by atoms with Crippen LogP contribution in [0.3, 0.4) is 0 Å². The Bertz CT molecular complexity index is 455. The van der Waals surface area contributed by atoms with Crippen LogP contribution in [0.2, 0.25) is 5.02 Å². The number of rotatable bonds is 0. The van der Waals surface area contributed by atoms with Crippen LogP contribution in [0.4, 0.5) is 0 Å². The van der Waals surface area contributed by atoms with Crippen molar-refractivity contribution in [3.8, 4) is 0 Å². The first-order valence-electron chi connectivity index (χ1n) is 4.20. The molecule has 0 bridgehead atoms. The fourth-order valence-corrected chi connectivity index (χ4v) is 1.85. The minimum atomic E-state index is 0.797. The summed E-state index contributed by atoms with van der Waals surface area (Å²) < 4.78 is 0. The molecule has 1 heterocycles. The summed E-state index contributed by atoms with van der Waals surface area (Å²) in [6, 6.07) is 5.91. The third-order valence-corrected chi connectivity index (χ3v) is 2.60. The van der Waals surface area contributed by atoms with Crippen molar-refractivity contribution < 1.29 is 0 Å². The number of aryl methyl sites for hydroxylation is 2. The molecule has 0 aliphatic heterocycles. The van der Waals surface area contributed by atoms with Crippen LogP contribution in [0.15, 0.2) is 24.4 Å². The number of hydrogen-bond acceptors (Lipinski definition) is 1. The van der Waals surface area contributed by atoms with E-state index in [0.717, 1.165) is 16.1 Å². The van der Waals surface area contributed by atoms with E-state index in [-0.39, 0.29) is 0 Å². The van der Waals surface area contributed by atoms with Crippen LogP contribution in [0.25, 0.3) is 10.8 Å². The van der Waals surface area contributed by atoms with Crippen molar-refractivity contribution in [1.29, 1.82) is 0 Å². The van der Waals surface area contributed by atoms with Crippen molar-refractivity contribution in [3.05, 3.63) is 40.7 Å². The zero-order chi connectivity index (χ0) is 9.42. The summed E-state index contributed by atoms with van der Waals surface area (Å²) >= 11 is 6.07. The Morgan fingerprint density at radius 1 is 1.15 bits per heavy atom. The van der Waals surface area contributed by atoms with Gasteiger partial charge in [-0.15, -0.1) is 0 Å². The molecule has 2 heteroatoms. The lowest BCUT2D eigenvalue weighted by molar-refractivity contribution is 1.23. The Kier molecular flexibility index (Phi) is 1.97. The van der Waals surface area contributed by atoms with Gasteiger partial charge in [-0.1, -0.05) is 17.7 Å². The van der Waals surface area contributed by atoms with Crippen LogP contribution in [0.1, 0.15) is 11.3 Å². The minimum Gasteiger partial charge on any atom is -0.261 e. The van der Waals surface area contributed by atoms with Gasteiger partial charge >= 0.3 is 0 Å². The highest BCUT2D eigenvalue weighted by molar-refractivity contribution is 6.35. The lowest BCUT2D eigenvalue weighted by Gasteiger charge is -2.05.